The first-order valence-electron chi connectivity index (χ1n) is 13.1. The zero-order valence-electron chi connectivity index (χ0n) is 21.2. The van der Waals surface area contributed by atoms with Crippen LogP contribution in [0.1, 0.15) is 63.0 Å². The van der Waals surface area contributed by atoms with Gasteiger partial charge in [-0.1, -0.05) is 99.7 Å². The second-order valence-corrected chi connectivity index (χ2v) is 9.33. The van der Waals surface area contributed by atoms with Crippen LogP contribution in [0.4, 0.5) is 9.59 Å². The monoisotopic (exact) mass is 494 g/mol. The quantitative estimate of drug-likeness (QED) is 0.407. The van der Waals surface area contributed by atoms with Crippen LogP contribution >= 0.6 is 0 Å². The Balaban J connectivity index is 0.000000233. The first-order valence-corrected chi connectivity index (χ1v) is 13.1. The van der Waals surface area contributed by atoms with Crippen LogP contribution in [0.3, 0.4) is 0 Å². The Morgan fingerprint density at radius 1 is 0.833 bits per heavy atom. The normalized spacial score (nSPS) is 18.6. The van der Waals surface area contributed by atoms with Crippen molar-refractivity contribution in [3.63, 3.8) is 0 Å². The number of benzene rings is 2. The van der Waals surface area contributed by atoms with Crippen molar-refractivity contribution in [1.29, 1.82) is 0 Å². The molecule has 1 N–H and O–H groups in total. The number of alkyl carbamates (subject to hydrolysis) is 1. The van der Waals surface area contributed by atoms with Crippen molar-refractivity contribution in [2.24, 2.45) is 0 Å². The molecule has 4 rings (SSSR count). The maximum atomic E-state index is 12.4. The predicted molar refractivity (Wildman–Crippen MR) is 139 cm³/mol. The summed E-state index contributed by atoms with van der Waals surface area (Å²) in [4.78, 5) is 36.3. The van der Waals surface area contributed by atoms with Gasteiger partial charge in [0.2, 0.25) is 5.91 Å². The van der Waals surface area contributed by atoms with Crippen LogP contribution in [0.25, 0.3) is 0 Å². The molecule has 2 aromatic rings. The molecule has 0 bridgehead atoms. The summed E-state index contributed by atoms with van der Waals surface area (Å²) in [7, 11) is 0. The number of carbonyl (C=O) groups is 3. The molecule has 36 heavy (non-hydrogen) atoms. The lowest BCUT2D eigenvalue weighted by atomic mass is 10.0. The van der Waals surface area contributed by atoms with Crippen LogP contribution < -0.4 is 5.32 Å². The van der Waals surface area contributed by atoms with Crippen molar-refractivity contribution in [3.8, 4) is 0 Å². The molecule has 2 aromatic carbocycles. The summed E-state index contributed by atoms with van der Waals surface area (Å²) in [6, 6.07) is 19.9. The zero-order chi connectivity index (χ0) is 25.6. The van der Waals surface area contributed by atoms with E-state index in [9.17, 15) is 14.4 Å². The number of hydrogen-bond acceptors (Lipinski definition) is 5. The fraction of sp³-hybridized carbons (Fsp3) is 0.483. The van der Waals surface area contributed by atoms with Crippen LogP contribution in [0.2, 0.25) is 0 Å². The molecule has 0 unspecified atom stereocenters. The van der Waals surface area contributed by atoms with E-state index in [4.69, 9.17) is 9.47 Å². The SMILES string of the molecule is CCCCCCCCC(=O)N1C(=O)OC[C@@H]1Cc1ccccc1.O=C1N[C@@H](Cc2ccccc2)CO1. The van der Waals surface area contributed by atoms with E-state index in [0.717, 1.165) is 24.8 Å². The summed E-state index contributed by atoms with van der Waals surface area (Å²) in [5.41, 5.74) is 2.34. The van der Waals surface area contributed by atoms with Crippen molar-refractivity contribution in [2.45, 2.75) is 76.8 Å². The lowest BCUT2D eigenvalue weighted by Gasteiger charge is -2.19. The van der Waals surface area contributed by atoms with Gasteiger partial charge in [0.1, 0.15) is 13.2 Å². The molecule has 2 saturated heterocycles. The van der Waals surface area contributed by atoms with Gasteiger partial charge in [0.25, 0.3) is 0 Å². The highest BCUT2D eigenvalue weighted by Crippen LogP contribution is 2.19. The Kier molecular flexibility index (Phi) is 11.3. The highest BCUT2D eigenvalue weighted by Gasteiger charge is 2.37. The number of amides is 3. The number of unbranched alkanes of at least 4 members (excludes halogenated alkanes) is 5. The van der Waals surface area contributed by atoms with Crippen molar-refractivity contribution in [3.05, 3.63) is 71.8 Å². The Labute approximate surface area is 214 Å². The number of cyclic esters (lactones) is 2. The summed E-state index contributed by atoms with van der Waals surface area (Å²) in [6.07, 6.45) is 7.93. The van der Waals surface area contributed by atoms with E-state index in [0.29, 0.717) is 26.1 Å². The minimum Gasteiger partial charge on any atom is -0.447 e. The molecule has 3 amide bonds. The van der Waals surface area contributed by atoms with Gasteiger partial charge in [-0.3, -0.25) is 4.79 Å². The van der Waals surface area contributed by atoms with Gasteiger partial charge in [0, 0.05) is 6.42 Å². The fourth-order valence-corrected chi connectivity index (χ4v) is 4.41. The summed E-state index contributed by atoms with van der Waals surface area (Å²) >= 11 is 0. The number of imide groups is 1. The maximum Gasteiger partial charge on any atom is 0.416 e. The molecule has 0 aliphatic carbocycles. The molecule has 0 radical (unpaired) electrons. The highest BCUT2D eigenvalue weighted by atomic mass is 16.6. The van der Waals surface area contributed by atoms with Crippen molar-refractivity contribution < 1.29 is 23.9 Å². The Hall–Kier alpha value is -3.35. The van der Waals surface area contributed by atoms with Gasteiger partial charge in [-0.05, 0) is 30.4 Å². The first kappa shape index (κ1) is 27.2. The second-order valence-electron chi connectivity index (χ2n) is 9.33. The summed E-state index contributed by atoms with van der Waals surface area (Å²) in [5.74, 6) is -0.0936. The van der Waals surface area contributed by atoms with Gasteiger partial charge >= 0.3 is 12.2 Å². The van der Waals surface area contributed by atoms with E-state index in [-0.39, 0.29) is 24.1 Å². The molecule has 0 saturated carbocycles. The third kappa shape index (κ3) is 9.02. The average molecular weight is 495 g/mol. The summed E-state index contributed by atoms with van der Waals surface area (Å²) < 4.78 is 9.88. The van der Waals surface area contributed by atoms with Crippen LogP contribution in [0, 0.1) is 0 Å². The third-order valence-corrected chi connectivity index (χ3v) is 6.35. The number of carbonyl (C=O) groups excluding carboxylic acids is 3. The lowest BCUT2D eigenvalue weighted by Crippen LogP contribution is -2.40. The fourth-order valence-electron chi connectivity index (χ4n) is 4.41. The van der Waals surface area contributed by atoms with Gasteiger partial charge in [-0.2, -0.15) is 0 Å². The molecular formula is C29H38N2O5. The number of ether oxygens (including phenoxy) is 2. The Morgan fingerprint density at radius 2 is 1.44 bits per heavy atom. The standard InChI is InChI=1S/C19H27NO3.C10H11NO2/c1-2-3-4-5-6-10-13-18(21)20-17(15-23-19(20)22)14-16-11-8-7-9-12-16;12-10-11-9(7-13-10)6-8-4-2-1-3-5-8/h7-9,11-12,17H,2-6,10,13-15H2,1H3;1-5,9H,6-7H2,(H,11,12)/t17-;9-/m00/s1. The molecular weight excluding hydrogens is 456 g/mol. The molecule has 2 heterocycles. The van der Waals surface area contributed by atoms with Crippen LogP contribution in [-0.4, -0.2) is 48.3 Å². The molecule has 0 aromatic heterocycles. The number of nitrogens with zero attached hydrogens (tertiary/aromatic N) is 1. The van der Waals surface area contributed by atoms with E-state index in [2.05, 4.69) is 12.2 Å². The van der Waals surface area contributed by atoms with E-state index in [1.54, 1.807) is 0 Å². The Bertz CT molecular complexity index is 951. The maximum absolute atomic E-state index is 12.4. The topological polar surface area (TPSA) is 84.9 Å². The van der Waals surface area contributed by atoms with E-state index < -0.39 is 6.09 Å². The van der Waals surface area contributed by atoms with Crippen molar-refractivity contribution in [1.82, 2.24) is 10.2 Å². The largest absolute Gasteiger partial charge is 0.447 e. The molecule has 2 fully saturated rings. The molecule has 7 heteroatoms. The molecule has 194 valence electrons. The van der Waals surface area contributed by atoms with Gasteiger partial charge in [0.15, 0.2) is 0 Å². The Morgan fingerprint density at radius 3 is 2.06 bits per heavy atom. The van der Waals surface area contributed by atoms with Crippen LogP contribution in [0.5, 0.6) is 0 Å². The summed E-state index contributed by atoms with van der Waals surface area (Å²) in [6.45, 7) is 2.97. The number of hydrogen-bond donors (Lipinski definition) is 1. The van der Waals surface area contributed by atoms with Gasteiger partial charge < -0.3 is 14.8 Å². The van der Waals surface area contributed by atoms with E-state index in [1.165, 1.54) is 36.1 Å². The molecule has 2 aliphatic heterocycles. The first-order chi connectivity index (χ1) is 17.6. The third-order valence-electron chi connectivity index (χ3n) is 6.35. The number of rotatable bonds is 11. The minimum atomic E-state index is -0.484. The van der Waals surface area contributed by atoms with E-state index >= 15 is 0 Å². The summed E-state index contributed by atoms with van der Waals surface area (Å²) in [5, 5.41) is 2.74. The molecule has 2 atom stereocenters. The van der Waals surface area contributed by atoms with Gasteiger partial charge in [-0.25, -0.2) is 14.5 Å². The molecule has 7 nitrogen and oxygen atoms in total. The molecule has 2 aliphatic rings. The average Bonchev–Trinajstić information content (AvgIpc) is 3.47. The van der Waals surface area contributed by atoms with Gasteiger partial charge in [0.05, 0.1) is 12.1 Å². The van der Waals surface area contributed by atoms with E-state index in [1.807, 2.05) is 60.7 Å². The van der Waals surface area contributed by atoms with Gasteiger partial charge in [-0.15, -0.1) is 0 Å². The minimum absolute atomic E-state index is 0.0936. The second kappa shape index (κ2) is 14.9. The molecule has 0 spiro atoms. The number of nitrogens with one attached hydrogen (secondary N) is 1. The predicted octanol–water partition coefficient (Wildman–Crippen LogP) is 5.66. The highest BCUT2D eigenvalue weighted by molar-refractivity contribution is 5.93. The van der Waals surface area contributed by atoms with Crippen LogP contribution in [0.15, 0.2) is 60.7 Å². The van der Waals surface area contributed by atoms with Crippen molar-refractivity contribution in [2.75, 3.05) is 13.2 Å². The lowest BCUT2D eigenvalue weighted by molar-refractivity contribution is -0.129. The van der Waals surface area contributed by atoms with Crippen molar-refractivity contribution >= 4 is 18.1 Å². The zero-order valence-corrected chi connectivity index (χ0v) is 21.2. The smallest absolute Gasteiger partial charge is 0.416 e. The van der Waals surface area contributed by atoms with Crippen LogP contribution in [-0.2, 0) is 27.1 Å².